The molecule has 4 aromatic rings. The molecule has 0 bridgehead atoms. The molecule has 0 unspecified atom stereocenters. The molecule has 6 amide bonds. The van der Waals surface area contributed by atoms with Crippen LogP contribution in [0.3, 0.4) is 0 Å². The average Bonchev–Trinajstić information content (AvgIpc) is 3.50. The summed E-state index contributed by atoms with van der Waals surface area (Å²) >= 11 is 0. The molecular formula is C35H37N9O8. The first-order valence-electron chi connectivity index (χ1n) is 16.3. The van der Waals surface area contributed by atoms with Crippen molar-refractivity contribution in [3.05, 3.63) is 98.9 Å². The van der Waals surface area contributed by atoms with Crippen LogP contribution in [0.5, 0.6) is 0 Å². The third-order valence-corrected chi connectivity index (χ3v) is 8.26. The lowest BCUT2D eigenvalue weighted by Crippen LogP contribution is -2.41. The Morgan fingerprint density at radius 1 is 0.846 bits per heavy atom. The predicted octanol–water partition coefficient (Wildman–Crippen LogP) is 1.67. The summed E-state index contributed by atoms with van der Waals surface area (Å²) in [6.45, 7) is 1.62. The zero-order valence-corrected chi connectivity index (χ0v) is 28.4. The van der Waals surface area contributed by atoms with Crippen LogP contribution in [0.2, 0.25) is 0 Å². The number of anilines is 2. The van der Waals surface area contributed by atoms with Gasteiger partial charge in [-0.25, -0.2) is 4.90 Å². The first-order chi connectivity index (χ1) is 24.9. The fourth-order valence-electron chi connectivity index (χ4n) is 5.79. The Morgan fingerprint density at radius 3 is 2.21 bits per heavy atom. The summed E-state index contributed by atoms with van der Waals surface area (Å²) in [7, 11) is 3.17. The van der Waals surface area contributed by atoms with Crippen molar-refractivity contribution in [2.75, 3.05) is 50.0 Å². The molecule has 1 aromatic heterocycles. The number of nitrogens with zero attached hydrogens (tertiary/aromatic N) is 3. The molecule has 52 heavy (non-hydrogen) atoms. The molecule has 0 radical (unpaired) electrons. The minimum absolute atomic E-state index is 0.0246. The van der Waals surface area contributed by atoms with Crippen molar-refractivity contribution in [1.29, 1.82) is 0 Å². The van der Waals surface area contributed by atoms with Crippen molar-refractivity contribution >= 4 is 63.3 Å². The quantitative estimate of drug-likeness (QED) is 0.0451. The third kappa shape index (κ3) is 7.95. The van der Waals surface area contributed by atoms with E-state index in [-0.39, 0.29) is 76.8 Å². The summed E-state index contributed by atoms with van der Waals surface area (Å²) in [5.74, 6) is -3.48. The van der Waals surface area contributed by atoms with Crippen LogP contribution >= 0.6 is 0 Å². The van der Waals surface area contributed by atoms with Gasteiger partial charge in [-0.05, 0) is 42.1 Å². The molecule has 0 fully saturated rings. The molecule has 270 valence electrons. The number of amides is 6. The van der Waals surface area contributed by atoms with E-state index in [9.17, 15) is 38.9 Å². The Labute approximate surface area is 297 Å². The molecule has 0 saturated carbocycles. The zero-order chi connectivity index (χ0) is 37.5. The third-order valence-electron chi connectivity index (χ3n) is 8.26. The van der Waals surface area contributed by atoms with Gasteiger partial charge in [0.05, 0.1) is 21.9 Å². The van der Waals surface area contributed by atoms with Gasteiger partial charge in [0.25, 0.3) is 35.2 Å². The SMILES string of the molecule is CNC(=O)c1cc(NC(=O)CCCNC(=O)c2cc(C(=O)NCCNCCN)cc(N3C(=O)c4cccc5cc([N+](=O)[O-])cc(c45)C3=O)c2)cn1C. The second kappa shape index (κ2) is 16.0. The molecular weight excluding hydrogens is 674 g/mol. The van der Waals surface area contributed by atoms with Gasteiger partial charge in [-0.1, -0.05) is 12.1 Å². The maximum absolute atomic E-state index is 13.9. The summed E-state index contributed by atoms with van der Waals surface area (Å²) in [5, 5.41) is 26.0. The van der Waals surface area contributed by atoms with Crippen molar-refractivity contribution in [3.63, 3.8) is 0 Å². The molecule has 2 heterocycles. The van der Waals surface area contributed by atoms with Crippen molar-refractivity contribution in [2.45, 2.75) is 12.8 Å². The first-order valence-corrected chi connectivity index (χ1v) is 16.3. The first kappa shape index (κ1) is 36.8. The smallest absolute Gasteiger partial charge is 0.270 e. The Balaban J connectivity index is 1.36. The standard InChI is InChI=1S/C35H37N9O8/c1-37-33(48)28-17-23(19-42(28)2)41-29(45)7-4-9-39-31(46)21-13-22(32(47)40-12-11-38-10-8-36)16-24(15-21)43-34(49)26-6-3-5-20-14-25(44(51)52)18-27(30(20)26)35(43)50/h3,5-6,13-19,38H,4,7-12,36H2,1-2H3,(H,37,48)(H,39,46)(H,40,47)(H,41,45). The molecule has 1 aliphatic rings. The van der Waals surface area contributed by atoms with E-state index in [1.807, 2.05) is 0 Å². The van der Waals surface area contributed by atoms with Crippen molar-refractivity contribution < 1.29 is 33.7 Å². The largest absolute Gasteiger partial charge is 0.354 e. The maximum atomic E-state index is 13.9. The molecule has 17 heteroatoms. The average molecular weight is 712 g/mol. The minimum atomic E-state index is -0.862. The number of hydrogen-bond donors (Lipinski definition) is 6. The van der Waals surface area contributed by atoms with Gasteiger partial charge in [0, 0.05) is 93.6 Å². The number of aromatic nitrogens is 1. The van der Waals surface area contributed by atoms with Gasteiger partial charge in [-0.15, -0.1) is 0 Å². The number of carbonyl (C=O) groups is 6. The number of benzene rings is 3. The van der Waals surface area contributed by atoms with Gasteiger partial charge < -0.3 is 36.9 Å². The lowest BCUT2D eigenvalue weighted by Gasteiger charge is -2.27. The monoisotopic (exact) mass is 711 g/mol. The summed E-state index contributed by atoms with van der Waals surface area (Å²) in [4.78, 5) is 90.8. The van der Waals surface area contributed by atoms with E-state index in [0.717, 1.165) is 11.0 Å². The summed E-state index contributed by atoms with van der Waals surface area (Å²) in [6.07, 6.45) is 1.86. The fourth-order valence-corrected chi connectivity index (χ4v) is 5.79. The highest BCUT2D eigenvalue weighted by molar-refractivity contribution is 6.36. The zero-order valence-electron chi connectivity index (χ0n) is 28.4. The van der Waals surface area contributed by atoms with Gasteiger partial charge in [-0.3, -0.25) is 38.9 Å². The summed E-state index contributed by atoms with van der Waals surface area (Å²) in [6, 6.07) is 12.4. The lowest BCUT2D eigenvalue weighted by atomic mass is 9.92. The normalized spacial score (nSPS) is 12.1. The number of non-ortho nitro benzene ring substituents is 1. The van der Waals surface area contributed by atoms with Gasteiger partial charge in [-0.2, -0.15) is 0 Å². The van der Waals surface area contributed by atoms with Crippen LogP contribution in [-0.4, -0.2) is 84.7 Å². The number of nitro benzene ring substituents is 1. The Kier molecular flexibility index (Phi) is 11.4. The molecule has 0 aliphatic carbocycles. The Bertz CT molecular complexity index is 2110. The summed E-state index contributed by atoms with van der Waals surface area (Å²) in [5.41, 5.74) is 5.81. The van der Waals surface area contributed by atoms with Crippen LogP contribution in [0.25, 0.3) is 10.8 Å². The topological polar surface area (TPSA) is 240 Å². The Hall–Kier alpha value is -6.46. The second-order valence-electron chi connectivity index (χ2n) is 11.9. The fraction of sp³-hybridized carbons (Fsp3) is 0.257. The van der Waals surface area contributed by atoms with E-state index in [1.165, 1.54) is 43.4 Å². The van der Waals surface area contributed by atoms with E-state index < -0.39 is 28.6 Å². The highest BCUT2D eigenvalue weighted by Crippen LogP contribution is 2.36. The van der Waals surface area contributed by atoms with Crippen molar-refractivity contribution in [3.8, 4) is 0 Å². The van der Waals surface area contributed by atoms with Gasteiger partial charge >= 0.3 is 0 Å². The Morgan fingerprint density at radius 2 is 1.54 bits per heavy atom. The summed E-state index contributed by atoms with van der Waals surface area (Å²) < 4.78 is 1.57. The number of rotatable bonds is 15. The van der Waals surface area contributed by atoms with Crippen LogP contribution in [0.15, 0.2) is 60.8 Å². The predicted molar refractivity (Wildman–Crippen MR) is 191 cm³/mol. The second-order valence-corrected chi connectivity index (χ2v) is 11.9. The van der Waals surface area contributed by atoms with E-state index >= 15 is 0 Å². The number of hydrogen-bond acceptors (Lipinski definition) is 10. The molecule has 1 aliphatic heterocycles. The van der Waals surface area contributed by atoms with E-state index in [0.29, 0.717) is 36.4 Å². The molecule has 7 N–H and O–H groups in total. The number of nitro groups is 1. The number of nitrogens with one attached hydrogen (secondary N) is 5. The highest BCUT2D eigenvalue weighted by Gasteiger charge is 2.36. The van der Waals surface area contributed by atoms with Crippen LogP contribution in [0, 0.1) is 10.1 Å². The molecule has 0 saturated heterocycles. The molecule has 0 spiro atoms. The maximum Gasteiger partial charge on any atom is 0.270 e. The minimum Gasteiger partial charge on any atom is -0.354 e. The van der Waals surface area contributed by atoms with Crippen LogP contribution in [-0.2, 0) is 11.8 Å². The van der Waals surface area contributed by atoms with Crippen LogP contribution < -0.4 is 37.2 Å². The molecule has 5 rings (SSSR count). The van der Waals surface area contributed by atoms with Gasteiger partial charge in [0.1, 0.15) is 5.69 Å². The van der Waals surface area contributed by atoms with E-state index in [1.54, 1.807) is 29.9 Å². The van der Waals surface area contributed by atoms with Gasteiger partial charge in [0.15, 0.2) is 0 Å². The number of aryl methyl sites for hydroxylation is 1. The van der Waals surface area contributed by atoms with Gasteiger partial charge in [0.2, 0.25) is 5.91 Å². The van der Waals surface area contributed by atoms with E-state index in [4.69, 9.17) is 5.73 Å². The number of imide groups is 1. The van der Waals surface area contributed by atoms with Crippen molar-refractivity contribution in [2.24, 2.45) is 12.8 Å². The number of carbonyl (C=O) groups excluding carboxylic acids is 6. The highest BCUT2D eigenvalue weighted by atomic mass is 16.6. The molecule has 17 nitrogen and oxygen atoms in total. The van der Waals surface area contributed by atoms with E-state index in [2.05, 4.69) is 26.6 Å². The van der Waals surface area contributed by atoms with Crippen LogP contribution in [0.1, 0.15) is 64.8 Å². The lowest BCUT2D eigenvalue weighted by molar-refractivity contribution is -0.384. The molecule has 3 aromatic carbocycles. The van der Waals surface area contributed by atoms with Crippen molar-refractivity contribution in [1.82, 2.24) is 25.8 Å². The molecule has 0 atom stereocenters. The number of nitrogens with two attached hydrogens (primary N) is 1. The van der Waals surface area contributed by atoms with Crippen LogP contribution in [0.4, 0.5) is 17.1 Å².